The maximum Gasteiger partial charge on any atom is 0.336 e. The highest BCUT2D eigenvalue weighted by atomic mass is 16.6. The summed E-state index contributed by atoms with van der Waals surface area (Å²) in [7, 11) is 0. The molecule has 1 aliphatic heterocycles. The van der Waals surface area contributed by atoms with Gasteiger partial charge in [0.25, 0.3) is 0 Å². The third-order valence-corrected chi connectivity index (χ3v) is 4.62. The van der Waals surface area contributed by atoms with Gasteiger partial charge >= 0.3 is 5.63 Å². The molecule has 1 aliphatic rings. The van der Waals surface area contributed by atoms with Crippen LogP contribution in [0.4, 0.5) is 0 Å². The van der Waals surface area contributed by atoms with Crippen molar-refractivity contribution in [2.45, 2.75) is 0 Å². The first-order valence-corrected chi connectivity index (χ1v) is 9.98. The van der Waals surface area contributed by atoms with E-state index in [4.69, 9.17) is 28.1 Å². The van der Waals surface area contributed by atoms with Gasteiger partial charge in [0.15, 0.2) is 11.3 Å². The van der Waals surface area contributed by atoms with Gasteiger partial charge in [0.1, 0.15) is 13.2 Å². The normalized spacial score (nSPS) is 16.5. The van der Waals surface area contributed by atoms with Crippen molar-refractivity contribution in [1.29, 1.82) is 0 Å². The number of hydrogen-bond donors (Lipinski definition) is 0. The molecule has 0 fully saturated rings. The summed E-state index contributed by atoms with van der Waals surface area (Å²) in [5, 5.41) is 0.770. The molecule has 0 aliphatic carbocycles. The predicted octanol–water partition coefficient (Wildman–Crippen LogP) is 3.28. The average Bonchev–Trinajstić information content (AvgIpc) is 2.78. The minimum atomic E-state index is -0.453. The summed E-state index contributed by atoms with van der Waals surface area (Å²) >= 11 is 0. The van der Waals surface area contributed by atoms with Crippen LogP contribution in [0.15, 0.2) is 57.7 Å². The van der Waals surface area contributed by atoms with Gasteiger partial charge in [-0.3, -0.25) is 0 Å². The molecule has 3 aromatic rings. The standard InChI is InChI=1S/C23H24O7/c24-21-16-19(17-4-2-1-3-5-17)18-6-7-20-23(22(18)30-21)29-15-13-27-11-9-25-8-10-26-12-14-28-20/h1-7,16H,8-15H2. The monoisotopic (exact) mass is 412 g/mol. The molecule has 30 heavy (non-hydrogen) atoms. The van der Waals surface area contributed by atoms with Crippen molar-refractivity contribution in [2.24, 2.45) is 0 Å². The van der Waals surface area contributed by atoms with E-state index in [0.29, 0.717) is 63.3 Å². The van der Waals surface area contributed by atoms with Crippen LogP contribution in [-0.4, -0.2) is 52.9 Å². The van der Waals surface area contributed by atoms with E-state index in [0.717, 1.165) is 16.5 Å². The van der Waals surface area contributed by atoms with Crippen molar-refractivity contribution in [2.75, 3.05) is 52.9 Å². The van der Waals surface area contributed by atoms with Crippen LogP contribution in [0.5, 0.6) is 11.5 Å². The maximum atomic E-state index is 12.3. The Labute approximate surface area is 174 Å². The van der Waals surface area contributed by atoms with Gasteiger partial charge in [-0.05, 0) is 23.3 Å². The Bertz CT molecular complexity index is 1010. The third kappa shape index (κ3) is 4.99. The van der Waals surface area contributed by atoms with Gasteiger partial charge in [-0.15, -0.1) is 0 Å². The molecule has 158 valence electrons. The minimum Gasteiger partial charge on any atom is -0.487 e. The van der Waals surface area contributed by atoms with Gasteiger partial charge in [0.2, 0.25) is 5.75 Å². The molecule has 0 saturated heterocycles. The number of rotatable bonds is 1. The molecule has 0 radical (unpaired) electrons. The number of ether oxygens (including phenoxy) is 5. The molecule has 1 aromatic heterocycles. The van der Waals surface area contributed by atoms with Crippen molar-refractivity contribution in [3.63, 3.8) is 0 Å². The lowest BCUT2D eigenvalue weighted by Gasteiger charge is -2.15. The Morgan fingerprint density at radius 3 is 2.00 bits per heavy atom. The van der Waals surface area contributed by atoms with E-state index in [9.17, 15) is 4.79 Å². The zero-order chi connectivity index (χ0) is 20.6. The molecule has 7 nitrogen and oxygen atoms in total. The summed E-state index contributed by atoms with van der Waals surface area (Å²) in [4.78, 5) is 12.3. The maximum absolute atomic E-state index is 12.3. The third-order valence-electron chi connectivity index (χ3n) is 4.62. The zero-order valence-corrected chi connectivity index (χ0v) is 16.6. The van der Waals surface area contributed by atoms with Gasteiger partial charge in [0, 0.05) is 11.5 Å². The molecule has 4 rings (SSSR count). The molecule has 0 unspecified atom stereocenters. The second-order valence-electron chi connectivity index (χ2n) is 6.65. The highest BCUT2D eigenvalue weighted by Gasteiger charge is 2.17. The van der Waals surface area contributed by atoms with Crippen LogP contribution in [0.2, 0.25) is 0 Å². The van der Waals surface area contributed by atoms with Crippen molar-refractivity contribution in [3.05, 3.63) is 59.0 Å². The second kappa shape index (κ2) is 10.2. The van der Waals surface area contributed by atoms with Crippen molar-refractivity contribution in [1.82, 2.24) is 0 Å². The van der Waals surface area contributed by atoms with E-state index >= 15 is 0 Å². The first kappa shape index (κ1) is 20.4. The number of hydrogen-bond acceptors (Lipinski definition) is 7. The van der Waals surface area contributed by atoms with E-state index < -0.39 is 5.63 Å². The van der Waals surface area contributed by atoms with Gasteiger partial charge in [-0.25, -0.2) is 4.79 Å². The molecule has 0 spiro atoms. The molecule has 2 aromatic carbocycles. The Balaban J connectivity index is 1.72. The zero-order valence-electron chi connectivity index (χ0n) is 16.6. The molecular formula is C23H24O7. The second-order valence-corrected chi connectivity index (χ2v) is 6.65. The molecule has 0 N–H and O–H groups in total. The largest absolute Gasteiger partial charge is 0.487 e. The van der Waals surface area contributed by atoms with E-state index in [1.807, 2.05) is 42.5 Å². The molecule has 0 saturated carbocycles. The van der Waals surface area contributed by atoms with Gasteiger partial charge in [0.05, 0.1) is 39.6 Å². The summed E-state index contributed by atoms with van der Waals surface area (Å²) in [6, 6.07) is 14.9. The van der Waals surface area contributed by atoms with Crippen molar-refractivity contribution >= 4 is 11.0 Å². The fourth-order valence-electron chi connectivity index (χ4n) is 3.25. The topological polar surface area (TPSA) is 76.4 Å². The molecule has 0 amide bonds. The van der Waals surface area contributed by atoms with Crippen LogP contribution in [0, 0.1) is 0 Å². The molecular weight excluding hydrogens is 388 g/mol. The van der Waals surface area contributed by atoms with Crippen LogP contribution in [0.1, 0.15) is 0 Å². The molecule has 0 atom stereocenters. The summed E-state index contributed by atoms with van der Waals surface area (Å²) in [6.45, 7) is 3.36. The fraction of sp³-hybridized carbons (Fsp3) is 0.348. The van der Waals surface area contributed by atoms with Crippen LogP contribution in [0.25, 0.3) is 22.1 Å². The van der Waals surface area contributed by atoms with Gasteiger partial charge < -0.3 is 28.1 Å². The number of fused-ring (bicyclic) bond motifs is 3. The van der Waals surface area contributed by atoms with E-state index in [1.54, 1.807) is 0 Å². The Kier molecular flexibility index (Phi) is 6.97. The van der Waals surface area contributed by atoms with Gasteiger partial charge in [-0.2, -0.15) is 0 Å². The van der Waals surface area contributed by atoms with Crippen LogP contribution >= 0.6 is 0 Å². The van der Waals surface area contributed by atoms with E-state index in [2.05, 4.69) is 0 Å². The molecule has 0 bridgehead atoms. The number of benzene rings is 2. The lowest BCUT2D eigenvalue weighted by Crippen LogP contribution is -2.13. The highest BCUT2D eigenvalue weighted by Crippen LogP contribution is 2.39. The highest BCUT2D eigenvalue weighted by molar-refractivity contribution is 5.97. The summed E-state index contributed by atoms with van der Waals surface area (Å²) < 4.78 is 33.8. The van der Waals surface area contributed by atoms with Crippen LogP contribution in [-0.2, 0) is 14.2 Å². The van der Waals surface area contributed by atoms with E-state index in [-0.39, 0.29) is 6.61 Å². The first-order chi connectivity index (χ1) is 14.8. The van der Waals surface area contributed by atoms with Crippen LogP contribution in [0.3, 0.4) is 0 Å². The van der Waals surface area contributed by atoms with Crippen LogP contribution < -0.4 is 15.1 Å². The Hall–Kier alpha value is -2.87. The lowest BCUT2D eigenvalue weighted by molar-refractivity contribution is 0.00709. The van der Waals surface area contributed by atoms with E-state index in [1.165, 1.54) is 6.07 Å². The fourth-order valence-corrected chi connectivity index (χ4v) is 3.25. The quantitative estimate of drug-likeness (QED) is 0.568. The summed E-state index contributed by atoms with van der Waals surface area (Å²) in [5.74, 6) is 0.877. The molecule has 7 heteroatoms. The molecule has 2 heterocycles. The lowest BCUT2D eigenvalue weighted by atomic mass is 10.0. The SMILES string of the molecule is O=c1cc(-c2ccccc2)c2ccc3c(c2o1)OCCOCCOCCOCCO3. The Morgan fingerprint density at radius 1 is 0.667 bits per heavy atom. The smallest absolute Gasteiger partial charge is 0.336 e. The van der Waals surface area contributed by atoms with Gasteiger partial charge in [-0.1, -0.05) is 30.3 Å². The van der Waals surface area contributed by atoms with Crippen molar-refractivity contribution < 1.29 is 28.1 Å². The summed E-state index contributed by atoms with van der Waals surface area (Å²) in [5.41, 5.74) is 1.60. The Morgan fingerprint density at radius 2 is 1.30 bits per heavy atom. The average molecular weight is 412 g/mol. The minimum absolute atomic E-state index is 0.283. The first-order valence-electron chi connectivity index (χ1n) is 9.98. The van der Waals surface area contributed by atoms with Crippen molar-refractivity contribution in [3.8, 4) is 22.6 Å². The summed E-state index contributed by atoms with van der Waals surface area (Å²) in [6.07, 6.45) is 0. The predicted molar refractivity (Wildman–Crippen MR) is 111 cm³/mol.